The lowest BCUT2D eigenvalue weighted by Gasteiger charge is -2.06. The molecule has 3 heteroatoms. The van der Waals surface area contributed by atoms with Crippen LogP contribution in [0.1, 0.15) is 22.3 Å². The van der Waals surface area contributed by atoms with Gasteiger partial charge in [0.1, 0.15) is 5.75 Å². The van der Waals surface area contributed by atoms with E-state index in [1.165, 1.54) is 0 Å². The van der Waals surface area contributed by atoms with E-state index in [0.29, 0.717) is 25.0 Å². The first-order valence-electron chi connectivity index (χ1n) is 6.26. The number of para-hydroxylation sites is 1. The number of ether oxygens (including phenoxy) is 1. The molecular weight excluding hydrogens is 240 g/mol. The fourth-order valence-corrected chi connectivity index (χ4v) is 1.81. The van der Waals surface area contributed by atoms with E-state index in [1.54, 1.807) is 36.4 Å². The van der Waals surface area contributed by atoms with Crippen LogP contribution in [-0.2, 0) is 11.2 Å². The van der Waals surface area contributed by atoms with Crippen molar-refractivity contribution in [1.29, 1.82) is 0 Å². The third-order valence-corrected chi connectivity index (χ3v) is 2.82. The highest BCUT2D eigenvalue weighted by Gasteiger charge is 2.06. The van der Waals surface area contributed by atoms with Crippen molar-refractivity contribution in [3.8, 4) is 5.75 Å². The van der Waals surface area contributed by atoms with Crippen molar-refractivity contribution < 1.29 is 14.6 Å². The van der Waals surface area contributed by atoms with Crippen LogP contribution in [0.3, 0.4) is 0 Å². The van der Waals surface area contributed by atoms with E-state index < -0.39 is 0 Å². The van der Waals surface area contributed by atoms with Crippen LogP contribution in [-0.4, -0.2) is 17.7 Å². The third kappa shape index (κ3) is 3.85. The van der Waals surface area contributed by atoms with Crippen molar-refractivity contribution in [2.75, 3.05) is 6.61 Å². The second-order valence-electron chi connectivity index (χ2n) is 4.23. The molecule has 1 N–H and O–H groups in total. The number of hydrogen-bond acceptors (Lipinski definition) is 3. The smallest absolute Gasteiger partial charge is 0.338 e. The van der Waals surface area contributed by atoms with Gasteiger partial charge in [0.25, 0.3) is 0 Å². The summed E-state index contributed by atoms with van der Waals surface area (Å²) in [5, 5.41) is 9.59. The van der Waals surface area contributed by atoms with Crippen LogP contribution >= 0.6 is 0 Å². The highest BCUT2D eigenvalue weighted by Crippen LogP contribution is 2.17. The van der Waals surface area contributed by atoms with Crippen LogP contribution in [0.25, 0.3) is 0 Å². The normalized spacial score (nSPS) is 10.1. The first-order chi connectivity index (χ1) is 9.27. The van der Waals surface area contributed by atoms with Crippen LogP contribution in [0.15, 0.2) is 54.6 Å². The number of hydrogen-bond donors (Lipinski definition) is 1. The van der Waals surface area contributed by atoms with Gasteiger partial charge in [-0.2, -0.15) is 0 Å². The lowest BCUT2D eigenvalue weighted by Crippen LogP contribution is -2.06. The maximum atomic E-state index is 11.7. The Bertz CT molecular complexity index is 535. The number of esters is 1. The SMILES string of the molecule is O=C(OCCCc1ccccc1O)c1ccccc1. The van der Waals surface area contributed by atoms with Crippen molar-refractivity contribution in [3.63, 3.8) is 0 Å². The largest absolute Gasteiger partial charge is 0.508 e. The molecule has 19 heavy (non-hydrogen) atoms. The van der Waals surface area contributed by atoms with Gasteiger partial charge in [0, 0.05) is 0 Å². The van der Waals surface area contributed by atoms with E-state index in [2.05, 4.69) is 0 Å². The number of carbonyl (C=O) groups is 1. The van der Waals surface area contributed by atoms with Crippen molar-refractivity contribution in [2.24, 2.45) is 0 Å². The molecule has 2 aromatic rings. The molecule has 3 nitrogen and oxygen atoms in total. The number of phenolic OH excluding ortho intramolecular Hbond substituents is 1. The summed E-state index contributed by atoms with van der Waals surface area (Å²) in [7, 11) is 0. The maximum absolute atomic E-state index is 11.7. The summed E-state index contributed by atoms with van der Waals surface area (Å²) in [6, 6.07) is 16.1. The Hall–Kier alpha value is -2.29. The van der Waals surface area contributed by atoms with Crippen LogP contribution in [0.5, 0.6) is 5.75 Å². The summed E-state index contributed by atoms with van der Waals surface area (Å²) in [6.45, 7) is 0.349. The summed E-state index contributed by atoms with van der Waals surface area (Å²) in [6.07, 6.45) is 1.38. The molecule has 0 unspecified atom stereocenters. The highest BCUT2D eigenvalue weighted by atomic mass is 16.5. The zero-order chi connectivity index (χ0) is 13.5. The number of rotatable bonds is 5. The predicted molar refractivity (Wildman–Crippen MR) is 73.2 cm³/mol. The minimum absolute atomic E-state index is 0.289. The molecule has 2 rings (SSSR count). The Labute approximate surface area is 112 Å². The van der Waals surface area contributed by atoms with Crippen LogP contribution in [0.4, 0.5) is 0 Å². The summed E-state index contributed by atoms with van der Waals surface area (Å²) in [5.41, 5.74) is 1.43. The standard InChI is InChI=1S/C16H16O3/c17-15-11-5-4-7-13(15)10-6-12-19-16(18)14-8-2-1-3-9-14/h1-5,7-9,11,17H,6,10,12H2. The van der Waals surface area contributed by atoms with Gasteiger partial charge < -0.3 is 9.84 Å². The number of benzene rings is 2. The highest BCUT2D eigenvalue weighted by molar-refractivity contribution is 5.89. The van der Waals surface area contributed by atoms with Crippen molar-refractivity contribution in [2.45, 2.75) is 12.8 Å². The molecule has 0 aromatic heterocycles. The molecule has 0 spiro atoms. The van der Waals surface area contributed by atoms with Crippen LogP contribution < -0.4 is 0 Å². The first kappa shape index (κ1) is 13.1. The van der Waals surface area contributed by atoms with E-state index in [0.717, 1.165) is 5.56 Å². The fourth-order valence-electron chi connectivity index (χ4n) is 1.81. The summed E-state index contributed by atoms with van der Waals surface area (Å²) in [5.74, 6) is -0.0187. The van der Waals surface area contributed by atoms with Gasteiger partial charge in [0.2, 0.25) is 0 Å². The molecule has 0 atom stereocenters. The van der Waals surface area contributed by atoms with E-state index in [1.807, 2.05) is 18.2 Å². The Kier molecular flexibility index (Phi) is 4.56. The van der Waals surface area contributed by atoms with E-state index >= 15 is 0 Å². The molecule has 0 radical (unpaired) electrons. The minimum atomic E-state index is -0.308. The predicted octanol–water partition coefficient (Wildman–Crippen LogP) is 3.18. The van der Waals surface area contributed by atoms with Crippen LogP contribution in [0, 0.1) is 0 Å². The van der Waals surface area contributed by atoms with Gasteiger partial charge in [-0.25, -0.2) is 4.79 Å². The lowest BCUT2D eigenvalue weighted by molar-refractivity contribution is 0.0500. The molecule has 0 heterocycles. The quantitative estimate of drug-likeness (QED) is 0.660. The Morgan fingerprint density at radius 2 is 1.68 bits per heavy atom. The number of aryl methyl sites for hydroxylation is 1. The van der Waals surface area contributed by atoms with Crippen molar-refractivity contribution in [1.82, 2.24) is 0 Å². The average Bonchev–Trinajstić information content (AvgIpc) is 2.46. The van der Waals surface area contributed by atoms with Crippen molar-refractivity contribution >= 4 is 5.97 Å². The maximum Gasteiger partial charge on any atom is 0.338 e. The molecule has 0 saturated carbocycles. The van der Waals surface area contributed by atoms with E-state index in [4.69, 9.17) is 4.74 Å². The minimum Gasteiger partial charge on any atom is -0.508 e. The molecule has 0 aliphatic rings. The lowest BCUT2D eigenvalue weighted by atomic mass is 10.1. The van der Waals surface area contributed by atoms with Crippen molar-refractivity contribution in [3.05, 3.63) is 65.7 Å². The number of phenols is 1. The molecule has 0 amide bonds. The molecule has 0 aliphatic carbocycles. The molecule has 98 valence electrons. The number of aromatic hydroxyl groups is 1. The molecule has 0 bridgehead atoms. The molecule has 2 aromatic carbocycles. The van der Waals surface area contributed by atoms with Gasteiger partial charge in [0.05, 0.1) is 12.2 Å². The third-order valence-electron chi connectivity index (χ3n) is 2.82. The Balaban J connectivity index is 1.76. The number of carbonyl (C=O) groups excluding carboxylic acids is 1. The Morgan fingerprint density at radius 3 is 2.42 bits per heavy atom. The fraction of sp³-hybridized carbons (Fsp3) is 0.188. The Morgan fingerprint density at radius 1 is 1.00 bits per heavy atom. The van der Waals surface area contributed by atoms with Gasteiger partial charge in [-0.1, -0.05) is 36.4 Å². The summed E-state index contributed by atoms with van der Waals surface area (Å²) >= 11 is 0. The summed E-state index contributed by atoms with van der Waals surface area (Å²) < 4.78 is 5.17. The zero-order valence-corrected chi connectivity index (χ0v) is 10.6. The molecule has 0 saturated heterocycles. The van der Waals surface area contributed by atoms with Gasteiger partial charge in [0.15, 0.2) is 0 Å². The van der Waals surface area contributed by atoms with Gasteiger partial charge >= 0.3 is 5.97 Å². The second kappa shape index (κ2) is 6.59. The average molecular weight is 256 g/mol. The van der Waals surface area contributed by atoms with Gasteiger partial charge in [-0.05, 0) is 36.6 Å². The van der Waals surface area contributed by atoms with E-state index in [9.17, 15) is 9.90 Å². The summed E-state index contributed by atoms with van der Waals surface area (Å²) in [4.78, 5) is 11.7. The van der Waals surface area contributed by atoms with E-state index in [-0.39, 0.29) is 11.7 Å². The van der Waals surface area contributed by atoms with Gasteiger partial charge in [-0.3, -0.25) is 0 Å². The monoisotopic (exact) mass is 256 g/mol. The molecular formula is C16H16O3. The molecule has 0 aliphatic heterocycles. The first-order valence-corrected chi connectivity index (χ1v) is 6.26. The van der Waals surface area contributed by atoms with Crippen LogP contribution in [0.2, 0.25) is 0 Å². The van der Waals surface area contributed by atoms with Gasteiger partial charge in [-0.15, -0.1) is 0 Å². The molecule has 0 fully saturated rings. The topological polar surface area (TPSA) is 46.5 Å². The second-order valence-corrected chi connectivity index (χ2v) is 4.23. The zero-order valence-electron chi connectivity index (χ0n) is 10.6.